The van der Waals surface area contributed by atoms with Crippen molar-refractivity contribution >= 4 is 5.82 Å². The van der Waals surface area contributed by atoms with Gasteiger partial charge in [-0.3, -0.25) is 0 Å². The summed E-state index contributed by atoms with van der Waals surface area (Å²) in [6.45, 7) is 8.43. The molecule has 1 aromatic rings. The highest BCUT2D eigenvalue weighted by Gasteiger charge is 2.06. The first-order chi connectivity index (χ1) is 7.52. The third-order valence-corrected chi connectivity index (χ3v) is 2.41. The van der Waals surface area contributed by atoms with Crippen LogP contribution in [-0.2, 0) is 6.54 Å². The Morgan fingerprint density at radius 1 is 1.38 bits per heavy atom. The highest BCUT2D eigenvalue weighted by atomic mass is 15.2. The van der Waals surface area contributed by atoms with Crippen molar-refractivity contribution in [1.82, 2.24) is 10.3 Å². The maximum atomic E-state index is 4.57. The normalized spacial score (nSPS) is 10.9. The van der Waals surface area contributed by atoms with Gasteiger partial charge >= 0.3 is 0 Å². The van der Waals surface area contributed by atoms with E-state index in [9.17, 15) is 0 Å². The SMILES string of the molecule is CNCc1cc(C)nc(N(C)CC(C)C)c1. The number of hydrogen-bond acceptors (Lipinski definition) is 3. The van der Waals surface area contributed by atoms with Crippen LogP contribution < -0.4 is 10.2 Å². The van der Waals surface area contributed by atoms with Crippen LogP contribution in [0.5, 0.6) is 0 Å². The molecule has 0 unspecified atom stereocenters. The second-order valence-electron chi connectivity index (χ2n) is 4.78. The summed E-state index contributed by atoms with van der Waals surface area (Å²) in [6, 6.07) is 4.29. The van der Waals surface area contributed by atoms with Crippen LogP contribution in [0.1, 0.15) is 25.1 Å². The molecule has 1 heterocycles. The molecule has 1 aromatic heterocycles. The van der Waals surface area contributed by atoms with Crippen molar-refractivity contribution in [3.05, 3.63) is 23.4 Å². The van der Waals surface area contributed by atoms with Crippen LogP contribution in [0.4, 0.5) is 5.82 Å². The van der Waals surface area contributed by atoms with Crippen molar-refractivity contribution in [2.45, 2.75) is 27.3 Å². The Hall–Kier alpha value is -1.09. The number of aryl methyl sites for hydroxylation is 1. The second kappa shape index (κ2) is 5.85. The Balaban J connectivity index is 2.86. The van der Waals surface area contributed by atoms with E-state index in [1.165, 1.54) is 5.56 Å². The third-order valence-electron chi connectivity index (χ3n) is 2.41. The fraction of sp³-hybridized carbons (Fsp3) is 0.615. The van der Waals surface area contributed by atoms with Crippen LogP contribution in [-0.4, -0.2) is 25.6 Å². The van der Waals surface area contributed by atoms with E-state index >= 15 is 0 Å². The molecule has 90 valence electrons. The van der Waals surface area contributed by atoms with Gasteiger partial charge in [-0.25, -0.2) is 4.98 Å². The fourth-order valence-corrected chi connectivity index (χ4v) is 1.86. The quantitative estimate of drug-likeness (QED) is 0.826. The van der Waals surface area contributed by atoms with Gasteiger partial charge in [0, 0.05) is 25.8 Å². The summed E-state index contributed by atoms with van der Waals surface area (Å²) in [4.78, 5) is 6.79. The molecule has 0 radical (unpaired) electrons. The Morgan fingerprint density at radius 3 is 2.62 bits per heavy atom. The molecule has 0 spiro atoms. The summed E-state index contributed by atoms with van der Waals surface area (Å²) in [5, 5.41) is 3.17. The molecule has 0 saturated heterocycles. The van der Waals surface area contributed by atoms with Gasteiger partial charge in [0.2, 0.25) is 0 Å². The van der Waals surface area contributed by atoms with E-state index in [1.54, 1.807) is 0 Å². The summed E-state index contributed by atoms with van der Waals surface area (Å²) < 4.78 is 0. The van der Waals surface area contributed by atoms with Gasteiger partial charge in [0.05, 0.1) is 0 Å². The lowest BCUT2D eigenvalue weighted by atomic mass is 10.2. The first-order valence-electron chi connectivity index (χ1n) is 5.86. The molecule has 0 bridgehead atoms. The Labute approximate surface area is 98.9 Å². The molecule has 1 N–H and O–H groups in total. The standard InChI is InChI=1S/C13H23N3/c1-10(2)9-16(5)13-7-12(8-14-4)6-11(3)15-13/h6-7,10,14H,8-9H2,1-5H3. The lowest BCUT2D eigenvalue weighted by Gasteiger charge is -2.21. The molecule has 0 aliphatic carbocycles. The van der Waals surface area contributed by atoms with Crippen molar-refractivity contribution in [3.8, 4) is 0 Å². The van der Waals surface area contributed by atoms with Gasteiger partial charge in [-0.1, -0.05) is 13.8 Å². The Kier molecular flexibility index (Phi) is 4.74. The number of pyridine rings is 1. The number of nitrogens with zero attached hydrogens (tertiary/aromatic N) is 2. The predicted molar refractivity (Wildman–Crippen MR) is 69.8 cm³/mol. The molecule has 0 aliphatic rings. The number of rotatable bonds is 5. The van der Waals surface area contributed by atoms with Crippen molar-refractivity contribution in [2.75, 3.05) is 25.5 Å². The molecule has 0 fully saturated rings. The first-order valence-corrected chi connectivity index (χ1v) is 5.86. The molecule has 0 atom stereocenters. The second-order valence-corrected chi connectivity index (χ2v) is 4.78. The van der Waals surface area contributed by atoms with Crippen LogP contribution in [0.15, 0.2) is 12.1 Å². The van der Waals surface area contributed by atoms with Crippen LogP contribution in [0.25, 0.3) is 0 Å². The molecule has 0 aliphatic heterocycles. The molecular weight excluding hydrogens is 198 g/mol. The van der Waals surface area contributed by atoms with E-state index in [-0.39, 0.29) is 0 Å². The van der Waals surface area contributed by atoms with E-state index in [4.69, 9.17) is 0 Å². The highest BCUT2D eigenvalue weighted by Crippen LogP contribution is 2.14. The average Bonchev–Trinajstić information content (AvgIpc) is 2.16. The molecular formula is C13H23N3. The molecule has 0 aromatic carbocycles. The maximum absolute atomic E-state index is 4.57. The summed E-state index contributed by atoms with van der Waals surface area (Å²) in [5.74, 6) is 1.72. The predicted octanol–water partition coefficient (Wildman–Crippen LogP) is 2.20. The number of nitrogens with one attached hydrogen (secondary N) is 1. The summed E-state index contributed by atoms with van der Waals surface area (Å²) in [7, 11) is 4.07. The molecule has 1 rings (SSSR count). The van der Waals surface area contributed by atoms with Crippen LogP contribution in [0.2, 0.25) is 0 Å². The van der Waals surface area contributed by atoms with Crippen molar-refractivity contribution in [1.29, 1.82) is 0 Å². The van der Waals surface area contributed by atoms with E-state index in [0.717, 1.165) is 24.6 Å². The molecule has 3 nitrogen and oxygen atoms in total. The number of anilines is 1. The minimum Gasteiger partial charge on any atom is -0.359 e. The van der Waals surface area contributed by atoms with E-state index in [0.29, 0.717) is 5.92 Å². The van der Waals surface area contributed by atoms with Gasteiger partial charge < -0.3 is 10.2 Å². The zero-order valence-electron chi connectivity index (χ0n) is 11.0. The lowest BCUT2D eigenvalue weighted by molar-refractivity contribution is 0.634. The minimum absolute atomic E-state index is 0.653. The smallest absolute Gasteiger partial charge is 0.128 e. The van der Waals surface area contributed by atoms with Crippen molar-refractivity contribution in [2.24, 2.45) is 5.92 Å². The maximum Gasteiger partial charge on any atom is 0.128 e. The number of aromatic nitrogens is 1. The Morgan fingerprint density at radius 2 is 2.06 bits per heavy atom. The number of hydrogen-bond donors (Lipinski definition) is 1. The van der Waals surface area contributed by atoms with Crippen LogP contribution in [0.3, 0.4) is 0 Å². The Bertz CT molecular complexity index is 334. The molecule has 3 heteroatoms. The van der Waals surface area contributed by atoms with Gasteiger partial charge in [-0.2, -0.15) is 0 Å². The largest absolute Gasteiger partial charge is 0.359 e. The monoisotopic (exact) mass is 221 g/mol. The third kappa shape index (κ3) is 3.81. The summed E-state index contributed by atoms with van der Waals surface area (Å²) >= 11 is 0. The molecule has 0 saturated carbocycles. The van der Waals surface area contributed by atoms with E-state index < -0.39 is 0 Å². The van der Waals surface area contributed by atoms with Gasteiger partial charge in [0.15, 0.2) is 0 Å². The van der Waals surface area contributed by atoms with Gasteiger partial charge in [-0.15, -0.1) is 0 Å². The topological polar surface area (TPSA) is 28.2 Å². The zero-order chi connectivity index (χ0) is 12.1. The fourth-order valence-electron chi connectivity index (χ4n) is 1.86. The summed E-state index contributed by atoms with van der Waals surface area (Å²) in [5.41, 5.74) is 2.37. The van der Waals surface area contributed by atoms with Crippen LogP contribution in [0, 0.1) is 12.8 Å². The zero-order valence-corrected chi connectivity index (χ0v) is 11.0. The summed E-state index contributed by atoms with van der Waals surface area (Å²) in [6.07, 6.45) is 0. The van der Waals surface area contributed by atoms with Crippen LogP contribution >= 0.6 is 0 Å². The highest BCUT2D eigenvalue weighted by molar-refractivity contribution is 5.41. The van der Waals surface area contributed by atoms with Gasteiger partial charge in [0.1, 0.15) is 5.82 Å². The van der Waals surface area contributed by atoms with Gasteiger partial charge in [0.25, 0.3) is 0 Å². The minimum atomic E-state index is 0.653. The van der Waals surface area contributed by atoms with Gasteiger partial charge in [-0.05, 0) is 37.6 Å². The molecule has 16 heavy (non-hydrogen) atoms. The van der Waals surface area contributed by atoms with E-state index in [2.05, 4.69) is 48.2 Å². The molecule has 0 amide bonds. The average molecular weight is 221 g/mol. The van der Waals surface area contributed by atoms with Crippen molar-refractivity contribution in [3.63, 3.8) is 0 Å². The lowest BCUT2D eigenvalue weighted by Crippen LogP contribution is -2.24. The van der Waals surface area contributed by atoms with E-state index in [1.807, 2.05) is 14.0 Å². The first kappa shape index (κ1) is 13.0. The van der Waals surface area contributed by atoms with Crippen molar-refractivity contribution < 1.29 is 0 Å².